The maximum atomic E-state index is 13.1. The molecule has 1 heterocycles. The SMILES string of the molecule is Cc1csc(N(C(=O)[C@@H](C)Oc2ccc(C#N)cc2)c2ccccc2)n1. The molecule has 0 saturated carbocycles. The van der Waals surface area contributed by atoms with Gasteiger partial charge in [0.05, 0.1) is 23.0 Å². The zero-order valence-electron chi connectivity index (χ0n) is 14.4. The largest absolute Gasteiger partial charge is 0.481 e. The van der Waals surface area contributed by atoms with Gasteiger partial charge in [-0.15, -0.1) is 11.3 Å². The van der Waals surface area contributed by atoms with Crippen molar-refractivity contribution in [3.05, 3.63) is 71.2 Å². The molecule has 3 rings (SSSR count). The highest BCUT2D eigenvalue weighted by Crippen LogP contribution is 2.29. The second-order valence-electron chi connectivity index (χ2n) is 5.68. The van der Waals surface area contributed by atoms with Gasteiger partial charge in [-0.1, -0.05) is 18.2 Å². The Kier molecular flexibility index (Phi) is 5.30. The number of hydrogen-bond donors (Lipinski definition) is 0. The molecule has 2 aromatic carbocycles. The average molecular weight is 363 g/mol. The molecule has 0 spiro atoms. The monoisotopic (exact) mass is 363 g/mol. The fraction of sp³-hybridized carbons (Fsp3) is 0.150. The lowest BCUT2D eigenvalue weighted by atomic mass is 10.2. The molecule has 3 aromatic rings. The smallest absolute Gasteiger partial charge is 0.274 e. The van der Waals surface area contributed by atoms with Crippen LogP contribution in [0.4, 0.5) is 10.8 Å². The number of carbonyl (C=O) groups is 1. The summed E-state index contributed by atoms with van der Waals surface area (Å²) in [6.07, 6.45) is -0.715. The van der Waals surface area contributed by atoms with Crippen molar-refractivity contribution >= 4 is 28.1 Å². The number of ether oxygens (including phenoxy) is 1. The van der Waals surface area contributed by atoms with Gasteiger partial charge in [0, 0.05) is 5.38 Å². The Bertz CT molecular complexity index is 930. The number of aryl methyl sites for hydroxylation is 1. The summed E-state index contributed by atoms with van der Waals surface area (Å²) in [4.78, 5) is 19.1. The minimum atomic E-state index is -0.715. The van der Waals surface area contributed by atoms with Gasteiger partial charge in [0.15, 0.2) is 11.2 Å². The number of amides is 1. The molecule has 130 valence electrons. The van der Waals surface area contributed by atoms with E-state index in [1.165, 1.54) is 11.3 Å². The van der Waals surface area contributed by atoms with Crippen molar-refractivity contribution in [1.29, 1.82) is 5.26 Å². The molecule has 26 heavy (non-hydrogen) atoms. The fourth-order valence-electron chi connectivity index (χ4n) is 2.40. The third-order valence-electron chi connectivity index (χ3n) is 3.68. The summed E-state index contributed by atoms with van der Waals surface area (Å²) >= 11 is 1.41. The molecule has 1 atom stereocenters. The van der Waals surface area contributed by atoms with Crippen LogP contribution in [0.15, 0.2) is 60.0 Å². The number of para-hydroxylation sites is 1. The van der Waals surface area contributed by atoms with Gasteiger partial charge in [-0.3, -0.25) is 9.69 Å². The Labute approximate surface area is 156 Å². The number of hydrogen-bond acceptors (Lipinski definition) is 5. The number of rotatable bonds is 5. The predicted molar refractivity (Wildman–Crippen MR) is 102 cm³/mol. The molecule has 0 aliphatic heterocycles. The lowest BCUT2D eigenvalue weighted by Crippen LogP contribution is -2.37. The van der Waals surface area contributed by atoms with Crippen LogP contribution in [-0.2, 0) is 4.79 Å². The van der Waals surface area contributed by atoms with Crippen molar-refractivity contribution in [3.63, 3.8) is 0 Å². The van der Waals surface area contributed by atoms with Gasteiger partial charge in [0.1, 0.15) is 5.75 Å². The van der Waals surface area contributed by atoms with Gasteiger partial charge in [-0.2, -0.15) is 5.26 Å². The van der Waals surface area contributed by atoms with Gasteiger partial charge >= 0.3 is 0 Å². The summed E-state index contributed by atoms with van der Waals surface area (Å²) in [7, 11) is 0. The molecule has 0 aliphatic rings. The highest BCUT2D eigenvalue weighted by Gasteiger charge is 2.27. The Morgan fingerprint density at radius 3 is 2.46 bits per heavy atom. The molecule has 1 amide bonds. The first kappa shape index (κ1) is 17.6. The third-order valence-corrected chi connectivity index (χ3v) is 4.62. The van der Waals surface area contributed by atoms with E-state index in [1.807, 2.05) is 42.6 Å². The van der Waals surface area contributed by atoms with E-state index in [-0.39, 0.29) is 5.91 Å². The topological polar surface area (TPSA) is 66.2 Å². The number of aromatic nitrogens is 1. The summed E-state index contributed by atoms with van der Waals surface area (Å²) in [6.45, 7) is 3.60. The van der Waals surface area contributed by atoms with Gasteiger partial charge in [0.25, 0.3) is 5.91 Å². The molecular formula is C20H17N3O2S. The van der Waals surface area contributed by atoms with Crippen LogP contribution in [0, 0.1) is 18.3 Å². The van der Waals surface area contributed by atoms with Crippen LogP contribution >= 0.6 is 11.3 Å². The summed E-state index contributed by atoms with van der Waals surface area (Å²) < 4.78 is 5.78. The Morgan fingerprint density at radius 1 is 1.19 bits per heavy atom. The molecule has 6 heteroatoms. The standard InChI is InChI=1S/C20H17N3O2S/c1-14-13-26-20(22-14)23(17-6-4-3-5-7-17)19(24)15(2)25-18-10-8-16(12-21)9-11-18/h3-11,13,15H,1-2H3/t15-/m1/s1. The van der Waals surface area contributed by atoms with E-state index in [1.54, 1.807) is 36.1 Å². The second kappa shape index (κ2) is 7.81. The first-order chi connectivity index (χ1) is 12.6. The van der Waals surface area contributed by atoms with Crippen LogP contribution in [-0.4, -0.2) is 17.0 Å². The van der Waals surface area contributed by atoms with E-state index in [2.05, 4.69) is 11.1 Å². The minimum Gasteiger partial charge on any atom is -0.481 e. The van der Waals surface area contributed by atoms with E-state index < -0.39 is 6.10 Å². The van der Waals surface area contributed by atoms with Crippen LogP contribution in [0.25, 0.3) is 0 Å². The number of carbonyl (C=O) groups excluding carboxylic acids is 1. The number of anilines is 2. The minimum absolute atomic E-state index is 0.213. The van der Waals surface area contributed by atoms with E-state index in [9.17, 15) is 4.79 Å². The molecule has 0 N–H and O–H groups in total. The fourth-order valence-corrected chi connectivity index (χ4v) is 3.22. The summed E-state index contributed by atoms with van der Waals surface area (Å²) in [6, 6.07) is 18.1. The highest BCUT2D eigenvalue weighted by atomic mass is 32.1. The molecule has 0 fully saturated rings. The summed E-state index contributed by atoms with van der Waals surface area (Å²) in [5.74, 6) is 0.322. The van der Waals surface area contributed by atoms with Crippen molar-refractivity contribution in [1.82, 2.24) is 4.98 Å². The van der Waals surface area contributed by atoms with Crippen LogP contribution in [0.1, 0.15) is 18.2 Å². The molecule has 1 aromatic heterocycles. The first-order valence-electron chi connectivity index (χ1n) is 8.06. The number of nitriles is 1. The Hall–Kier alpha value is -3.17. The summed E-state index contributed by atoms with van der Waals surface area (Å²) in [5, 5.41) is 11.4. The van der Waals surface area contributed by atoms with Gasteiger partial charge in [0.2, 0.25) is 0 Å². The molecule has 0 aliphatic carbocycles. The van der Waals surface area contributed by atoms with Gasteiger partial charge in [-0.25, -0.2) is 4.98 Å². The van der Waals surface area contributed by atoms with Gasteiger partial charge < -0.3 is 4.74 Å². The van der Waals surface area contributed by atoms with Crippen LogP contribution < -0.4 is 9.64 Å². The molecular weight excluding hydrogens is 346 g/mol. The average Bonchev–Trinajstić information content (AvgIpc) is 3.09. The van der Waals surface area contributed by atoms with E-state index in [0.717, 1.165) is 11.4 Å². The Morgan fingerprint density at radius 2 is 1.88 bits per heavy atom. The van der Waals surface area contributed by atoms with Crippen molar-refractivity contribution in [3.8, 4) is 11.8 Å². The lowest BCUT2D eigenvalue weighted by molar-refractivity contribution is -0.123. The predicted octanol–water partition coefficient (Wildman–Crippen LogP) is 4.46. The normalized spacial score (nSPS) is 11.4. The number of thiazole rings is 1. The zero-order valence-corrected chi connectivity index (χ0v) is 15.2. The molecule has 0 saturated heterocycles. The van der Waals surface area contributed by atoms with Crippen molar-refractivity contribution in [2.24, 2.45) is 0 Å². The summed E-state index contributed by atoms with van der Waals surface area (Å²) in [5.41, 5.74) is 2.14. The third kappa shape index (κ3) is 3.90. The number of nitrogens with zero attached hydrogens (tertiary/aromatic N) is 3. The van der Waals surface area contributed by atoms with Crippen LogP contribution in [0.3, 0.4) is 0 Å². The highest BCUT2D eigenvalue weighted by molar-refractivity contribution is 7.14. The Balaban J connectivity index is 1.85. The molecule has 0 radical (unpaired) electrons. The van der Waals surface area contributed by atoms with E-state index in [0.29, 0.717) is 16.4 Å². The van der Waals surface area contributed by atoms with E-state index >= 15 is 0 Å². The van der Waals surface area contributed by atoms with Gasteiger partial charge in [-0.05, 0) is 50.2 Å². The quantitative estimate of drug-likeness (QED) is 0.671. The second-order valence-corrected chi connectivity index (χ2v) is 6.51. The van der Waals surface area contributed by atoms with E-state index in [4.69, 9.17) is 10.00 Å². The molecule has 5 nitrogen and oxygen atoms in total. The van der Waals surface area contributed by atoms with Crippen molar-refractivity contribution in [2.45, 2.75) is 20.0 Å². The van der Waals surface area contributed by atoms with Crippen LogP contribution in [0.2, 0.25) is 0 Å². The van der Waals surface area contributed by atoms with Crippen molar-refractivity contribution < 1.29 is 9.53 Å². The maximum Gasteiger partial charge on any atom is 0.274 e. The van der Waals surface area contributed by atoms with Crippen LogP contribution in [0.5, 0.6) is 5.75 Å². The first-order valence-corrected chi connectivity index (χ1v) is 8.94. The lowest BCUT2D eigenvalue weighted by Gasteiger charge is -2.24. The molecule has 0 unspecified atom stereocenters. The molecule has 0 bridgehead atoms. The number of benzene rings is 2. The maximum absolute atomic E-state index is 13.1. The van der Waals surface area contributed by atoms with Crippen molar-refractivity contribution in [2.75, 3.05) is 4.90 Å². The zero-order chi connectivity index (χ0) is 18.5.